The molecule has 2 aromatic rings. The molecule has 1 aromatic heterocycles. The van der Waals surface area contributed by atoms with Crippen LogP contribution in [0.25, 0.3) is 0 Å². The number of amides is 1. The lowest BCUT2D eigenvalue weighted by atomic mass is 10.0. The lowest BCUT2D eigenvalue weighted by Crippen LogP contribution is -2.43. The first-order valence-corrected chi connectivity index (χ1v) is 8.30. The minimum absolute atomic E-state index is 0.0469. The number of rotatable bonds is 6. The molecular formula is C18H22FN3O3. The zero-order valence-corrected chi connectivity index (χ0v) is 13.9. The molecule has 7 heteroatoms. The van der Waals surface area contributed by atoms with Crippen molar-refractivity contribution in [1.82, 2.24) is 10.2 Å². The average molecular weight is 347 g/mol. The Morgan fingerprint density at radius 3 is 2.64 bits per heavy atom. The SMILES string of the molecule is NCc1cc(C(=O)NCC(c2ccc(F)cc2)N2CCOCC2)co1. The number of ether oxygens (including phenoxy) is 1. The maximum absolute atomic E-state index is 13.2. The van der Waals surface area contributed by atoms with Crippen molar-refractivity contribution in [2.75, 3.05) is 32.8 Å². The van der Waals surface area contributed by atoms with E-state index in [1.165, 1.54) is 18.4 Å². The van der Waals surface area contributed by atoms with Crippen molar-refractivity contribution in [2.24, 2.45) is 5.73 Å². The topological polar surface area (TPSA) is 80.7 Å². The predicted molar refractivity (Wildman–Crippen MR) is 90.5 cm³/mol. The van der Waals surface area contributed by atoms with E-state index in [2.05, 4.69) is 10.2 Å². The molecule has 25 heavy (non-hydrogen) atoms. The summed E-state index contributed by atoms with van der Waals surface area (Å²) < 4.78 is 23.8. The second-order valence-electron chi connectivity index (χ2n) is 5.93. The highest BCUT2D eigenvalue weighted by atomic mass is 19.1. The standard InChI is InChI=1S/C18H22FN3O3/c19-15-3-1-13(2-4-15)17(22-5-7-24-8-6-22)11-21-18(23)14-9-16(10-20)25-12-14/h1-4,9,12,17H,5-8,10-11,20H2,(H,21,23). The first-order chi connectivity index (χ1) is 12.2. The number of carbonyl (C=O) groups excluding carboxylic acids is 1. The van der Waals surface area contributed by atoms with Crippen LogP contribution in [0.5, 0.6) is 0 Å². The number of hydrogen-bond donors (Lipinski definition) is 2. The van der Waals surface area contributed by atoms with Gasteiger partial charge in [-0.05, 0) is 23.8 Å². The summed E-state index contributed by atoms with van der Waals surface area (Å²) in [6.45, 7) is 3.48. The summed E-state index contributed by atoms with van der Waals surface area (Å²) in [6.07, 6.45) is 1.40. The third kappa shape index (κ3) is 4.45. The molecule has 134 valence electrons. The molecule has 6 nitrogen and oxygen atoms in total. The van der Waals surface area contributed by atoms with Crippen molar-refractivity contribution >= 4 is 5.91 Å². The fourth-order valence-corrected chi connectivity index (χ4v) is 2.93. The molecule has 0 spiro atoms. The van der Waals surface area contributed by atoms with Gasteiger partial charge >= 0.3 is 0 Å². The summed E-state index contributed by atoms with van der Waals surface area (Å²) >= 11 is 0. The van der Waals surface area contributed by atoms with Crippen molar-refractivity contribution in [2.45, 2.75) is 12.6 Å². The zero-order valence-electron chi connectivity index (χ0n) is 13.9. The van der Waals surface area contributed by atoms with Crippen molar-refractivity contribution in [1.29, 1.82) is 0 Å². The number of carbonyl (C=O) groups is 1. The predicted octanol–water partition coefficient (Wildman–Crippen LogP) is 1.68. The Morgan fingerprint density at radius 1 is 1.28 bits per heavy atom. The van der Waals surface area contributed by atoms with E-state index in [9.17, 15) is 9.18 Å². The third-order valence-corrected chi connectivity index (χ3v) is 4.31. The van der Waals surface area contributed by atoms with Gasteiger partial charge in [0.25, 0.3) is 5.91 Å². The van der Waals surface area contributed by atoms with Crippen LogP contribution < -0.4 is 11.1 Å². The average Bonchev–Trinajstić information content (AvgIpc) is 3.13. The Hall–Kier alpha value is -2.22. The van der Waals surface area contributed by atoms with Gasteiger partial charge in [0.05, 0.1) is 31.4 Å². The van der Waals surface area contributed by atoms with Crippen molar-refractivity contribution in [3.63, 3.8) is 0 Å². The highest BCUT2D eigenvalue weighted by Gasteiger charge is 2.23. The van der Waals surface area contributed by atoms with Crippen LogP contribution in [0, 0.1) is 5.82 Å². The molecule has 1 aromatic carbocycles. The van der Waals surface area contributed by atoms with Crippen LogP contribution in [0.2, 0.25) is 0 Å². The maximum Gasteiger partial charge on any atom is 0.254 e. The van der Waals surface area contributed by atoms with Crippen LogP contribution in [0.4, 0.5) is 4.39 Å². The first-order valence-electron chi connectivity index (χ1n) is 8.30. The summed E-state index contributed by atoms with van der Waals surface area (Å²) in [5.41, 5.74) is 6.90. The second kappa shape index (κ2) is 8.24. The summed E-state index contributed by atoms with van der Waals surface area (Å²) in [4.78, 5) is 14.6. The zero-order chi connectivity index (χ0) is 17.6. The fraction of sp³-hybridized carbons (Fsp3) is 0.389. The van der Waals surface area contributed by atoms with Gasteiger partial charge in [0.15, 0.2) is 0 Å². The molecule has 0 bridgehead atoms. The summed E-state index contributed by atoms with van der Waals surface area (Å²) in [7, 11) is 0. The Bertz CT molecular complexity index is 696. The van der Waals surface area contributed by atoms with Crippen LogP contribution in [-0.4, -0.2) is 43.7 Å². The van der Waals surface area contributed by atoms with E-state index < -0.39 is 0 Å². The number of furan rings is 1. The van der Waals surface area contributed by atoms with Gasteiger partial charge in [0.2, 0.25) is 0 Å². The van der Waals surface area contributed by atoms with Crippen molar-refractivity contribution < 1.29 is 18.3 Å². The Kier molecular flexibility index (Phi) is 5.80. The third-order valence-electron chi connectivity index (χ3n) is 4.31. The molecule has 0 radical (unpaired) electrons. The van der Waals surface area contributed by atoms with Crippen LogP contribution in [0.15, 0.2) is 41.0 Å². The lowest BCUT2D eigenvalue weighted by molar-refractivity contribution is 0.0162. The van der Waals surface area contributed by atoms with Gasteiger partial charge in [-0.25, -0.2) is 4.39 Å². The van der Waals surface area contributed by atoms with Gasteiger partial charge in [-0.3, -0.25) is 9.69 Å². The first kappa shape index (κ1) is 17.6. The van der Waals surface area contributed by atoms with Crippen molar-refractivity contribution in [3.05, 3.63) is 59.3 Å². The molecule has 1 atom stereocenters. The molecule has 1 aliphatic rings. The minimum Gasteiger partial charge on any atom is -0.467 e. The normalized spacial score (nSPS) is 16.6. The second-order valence-corrected chi connectivity index (χ2v) is 5.93. The molecule has 0 saturated carbocycles. The molecular weight excluding hydrogens is 325 g/mol. The van der Waals surface area contributed by atoms with E-state index in [0.717, 1.165) is 18.7 Å². The van der Waals surface area contributed by atoms with Crippen LogP contribution in [-0.2, 0) is 11.3 Å². The van der Waals surface area contributed by atoms with E-state index in [1.54, 1.807) is 18.2 Å². The molecule has 1 aliphatic heterocycles. The van der Waals surface area contributed by atoms with Gasteiger partial charge in [0.1, 0.15) is 17.8 Å². The fourth-order valence-electron chi connectivity index (χ4n) is 2.93. The van der Waals surface area contributed by atoms with E-state index in [-0.39, 0.29) is 24.3 Å². The van der Waals surface area contributed by atoms with Gasteiger partial charge in [0, 0.05) is 19.6 Å². The van der Waals surface area contributed by atoms with Gasteiger partial charge in [-0.15, -0.1) is 0 Å². The quantitative estimate of drug-likeness (QED) is 0.831. The number of nitrogens with zero attached hydrogens (tertiary/aromatic N) is 1. The molecule has 3 N–H and O–H groups in total. The number of hydrogen-bond acceptors (Lipinski definition) is 5. The van der Waals surface area contributed by atoms with Gasteiger partial charge < -0.3 is 20.2 Å². The Morgan fingerprint density at radius 2 is 2.00 bits per heavy atom. The minimum atomic E-state index is -0.277. The van der Waals surface area contributed by atoms with E-state index in [1.807, 2.05) is 0 Å². The van der Waals surface area contributed by atoms with Crippen LogP contribution >= 0.6 is 0 Å². The van der Waals surface area contributed by atoms with Crippen LogP contribution in [0.3, 0.4) is 0 Å². The molecule has 2 heterocycles. The van der Waals surface area contributed by atoms with E-state index in [0.29, 0.717) is 31.1 Å². The monoisotopic (exact) mass is 347 g/mol. The summed E-state index contributed by atoms with van der Waals surface area (Å²) in [6, 6.07) is 7.98. The van der Waals surface area contributed by atoms with E-state index in [4.69, 9.17) is 14.9 Å². The summed E-state index contributed by atoms with van der Waals surface area (Å²) in [5.74, 6) is 0.0680. The Balaban J connectivity index is 1.70. The largest absolute Gasteiger partial charge is 0.467 e. The lowest BCUT2D eigenvalue weighted by Gasteiger charge is -2.34. The highest BCUT2D eigenvalue weighted by molar-refractivity contribution is 5.94. The molecule has 3 rings (SSSR count). The number of morpholine rings is 1. The molecule has 1 saturated heterocycles. The molecule has 1 amide bonds. The molecule has 0 aliphatic carbocycles. The van der Waals surface area contributed by atoms with E-state index >= 15 is 0 Å². The number of nitrogens with one attached hydrogen (secondary N) is 1. The van der Waals surface area contributed by atoms with Gasteiger partial charge in [-0.1, -0.05) is 12.1 Å². The van der Waals surface area contributed by atoms with Gasteiger partial charge in [-0.2, -0.15) is 0 Å². The maximum atomic E-state index is 13.2. The smallest absolute Gasteiger partial charge is 0.254 e. The highest BCUT2D eigenvalue weighted by Crippen LogP contribution is 2.22. The van der Waals surface area contributed by atoms with Crippen molar-refractivity contribution in [3.8, 4) is 0 Å². The number of nitrogens with two attached hydrogens (primary N) is 1. The molecule has 1 fully saturated rings. The van der Waals surface area contributed by atoms with Crippen LogP contribution in [0.1, 0.15) is 27.7 Å². The molecule has 1 unspecified atom stereocenters. The summed E-state index contributed by atoms with van der Waals surface area (Å²) in [5, 5.41) is 2.93. The Labute approximate surface area is 145 Å². The number of benzene rings is 1. The number of halogens is 1.